The number of nitrogens with zero attached hydrogens (tertiary/aromatic N) is 3. The van der Waals surface area contributed by atoms with Crippen molar-refractivity contribution >= 4 is 5.91 Å². The third-order valence-corrected chi connectivity index (χ3v) is 4.62. The number of carbonyl (C=O) groups excluding carboxylic acids is 1. The molecule has 3 heterocycles. The lowest BCUT2D eigenvalue weighted by Gasteiger charge is -2.23. The predicted octanol–water partition coefficient (Wildman–Crippen LogP) is 3.31. The number of pyridine rings is 1. The molecule has 5 heteroatoms. The molecular formula is C20H20N4O. The number of aromatic nitrogens is 3. The molecule has 1 unspecified atom stereocenters. The molecule has 5 nitrogen and oxygen atoms in total. The highest BCUT2D eigenvalue weighted by Crippen LogP contribution is 2.22. The summed E-state index contributed by atoms with van der Waals surface area (Å²) in [7, 11) is 0. The van der Waals surface area contributed by atoms with Crippen LogP contribution >= 0.6 is 0 Å². The topological polar surface area (TPSA) is 61.9 Å². The Balaban J connectivity index is 1.56. The summed E-state index contributed by atoms with van der Waals surface area (Å²) in [5.41, 5.74) is 4.79. The lowest BCUT2D eigenvalue weighted by molar-refractivity contribution is 0.0725. The minimum Gasteiger partial charge on any atom is -0.334 e. The zero-order chi connectivity index (χ0) is 17.2. The molecule has 126 valence electrons. The maximum absolute atomic E-state index is 12.9. The van der Waals surface area contributed by atoms with Crippen LogP contribution in [0.4, 0.5) is 0 Å². The fraction of sp³-hybridized carbons (Fsp3) is 0.250. The lowest BCUT2D eigenvalue weighted by atomic mass is 10.1. The van der Waals surface area contributed by atoms with Gasteiger partial charge in [0.15, 0.2) is 0 Å². The number of carbonyl (C=O) groups is 1. The number of hydrogen-bond donors (Lipinski definition) is 1. The number of benzene rings is 1. The molecule has 3 aromatic rings. The second-order valence-corrected chi connectivity index (χ2v) is 6.67. The number of amides is 1. The van der Waals surface area contributed by atoms with Crippen molar-refractivity contribution in [1.29, 1.82) is 0 Å². The molecule has 1 atom stereocenters. The standard InChI is InChI=1S/C20H20N4O/c1-14-9-19-17(11-22-23-19)13-24(12-14)20(25)16-7-8-18(21-10-16)15-5-3-2-4-6-15/h2-8,10-11,14H,9,12-13H2,1H3,(H,22,23). The molecule has 0 fully saturated rings. The molecule has 1 aliphatic heterocycles. The van der Waals surface area contributed by atoms with Gasteiger partial charge in [-0.2, -0.15) is 5.10 Å². The van der Waals surface area contributed by atoms with E-state index in [1.54, 1.807) is 6.20 Å². The van der Waals surface area contributed by atoms with Crippen molar-refractivity contribution in [1.82, 2.24) is 20.1 Å². The number of rotatable bonds is 2. The zero-order valence-corrected chi connectivity index (χ0v) is 14.1. The summed E-state index contributed by atoms with van der Waals surface area (Å²) in [5.74, 6) is 0.412. The van der Waals surface area contributed by atoms with E-state index < -0.39 is 0 Å². The first-order valence-corrected chi connectivity index (χ1v) is 8.52. The van der Waals surface area contributed by atoms with Crippen LogP contribution in [0.1, 0.15) is 28.5 Å². The van der Waals surface area contributed by atoms with E-state index in [0.29, 0.717) is 18.0 Å². The van der Waals surface area contributed by atoms with Crippen LogP contribution in [0.5, 0.6) is 0 Å². The van der Waals surface area contributed by atoms with Crippen LogP contribution in [0.3, 0.4) is 0 Å². The first-order chi connectivity index (χ1) is 12.2. The summed E-state index contributed by atoms with van der Waals surface area (Å²) < 4.78 is 0. The van der Waals surface area contributed by atoms with Gasteiger partial charge in [0.25, 0.3) is 5.91 Å². The number of fused-ring (bicyclic) bond motifs is 1. The summed E-state index contributed by atoms with van der Waals surface area (Å²) in [5, 5.41) is 7.17. The first-order valence-electron chi connectivity index (χ1n) is 8.52. The molecule has 0 saturated carbocycles. The highest BCUT2D eigenvalue weighted by molar-refractivity contribution is 5.94. The van der Waals surface area contributed by atoms with Crippen molar-refractivity contribution < 1.29 is 4.79 Å². The van der Waals surface area contributed by atoms with Crippen molar-refractivity contribution in [3.63, 3.8) is 0 Å². The maximum Gasteiger partial charge on any atom is 0.255 e. The largest absolute Gasteiger partial charge is 0.334 e. The Morgan fingerprint density at radius 3 is 2.76 bits per heavy atom. The van der Waals surface area contributed by atoms with Crippen molar-refractivity contribution in [2.75, 3.05) is 6.54 Å². The number of nitrogens with one attached hydrogen (secondary N) is 1. The van der Waals surface area contributed by atoms with Gasteiger partial charge in [0.05, 0.1) is 17.5 Å². The van der Waals surface area contributed by atoms with Gasteiger partial charge in [-0.05, 0) is 24.5 Å². The van der Waals surface area contributed by atoms with Crippen LogP contribution in [0.25, 0.3) is 11.3 Å². The second kappa shape index (κ2) is 6.51. The minimum absolute atomic E-state index is 0.0213. The summed E-state index contributed by atoms with van der Waals surface area (Å²) in [4.78, 5) is 19.3. The van der Waals surface area contributed by atoms with Crippen LogP contribution in [0.2, 0.25) is 0 Å². The molecule has 0 radical (unpaired) electrons. The Morgan fingerprint density at radius 2 is 2.00 bits per heavy atom. The minimum atomic E-state index is 0.0213. The Hall–Kier alpha value is -2.95. The number of H-pyrrole nitrogens is 1. The third-order valence-electron chi connectivity index (χ3n) is 4.62. The van der Waals surface area contributed by atoms with Gasteiger partial charge in [0, 0.05) is 36.1 Å². The molecule has 1 aliphatic rings. The third kappa shape index (κ3) is 3.18. The van der Waals surface area contributed by atoms with Gasteiger partial charge >= 0.3 is 0 Å². The zero-order valence-electron chi connectivity index (χ0n) is 14.1. The number of hydrogen-bond acceptors (Lipinski definition) is 3. The normalized spacial score (nSPS) is 17.0. The van der Waals surface area contributed by atoms with Gasteiger partial charge in [-0.25, -0.2) is 0 Å². The molecule has 1 N–H and O–H groups in total. The molecule has 0 spiro atoms. The van der Waals surface area contributed by atoms with Gasteiger partial charge in [-0.15, -0.1) is 0 Å². The molecule has 1 aromatic carbocycles. The van der Waals surface area contributed by atoms with Crippen molar-refractivity contribution in [3.8, 4) is 11.3 Å². The molecular weight excluding hydrogens is 312 g/mol. The first kappa shape index (κ1) is 15.6. The van der Waals surface area contributed by atoms with E-state index >= 15 is 0 Å². The van der Waals surface area contributed by atoms with Crippen molar-refractivity contribution in [2.24, 2.45) is 5.92 Å². The molecule has 0 bridgehead atoms. The lowest BCUT2D eigenvalue weighted by Crippen LogP contribution is -2.33. The van der Waals surface area contributed by atoms with E-state index in [1.807, 2.05) is 53.6 Å². The average Bonchev–Trinajstić information content (AvgIpc) is 3.01. The van der Waals surface area contributed by atoms with Crippen LogP contribution in [-0.4, -0.2) is 32.5 Å². The summed E-state index contributed by atoms with van der Waals surface area (Å²) in [6.45, 7) is 3.49. The van der Waals surface area contributed by atoms with Gasteiger partial charge in [0.2, 0.25) is 0 Å². The molecule has 25 heavy (non-hydrogen) atoms. The van der Waals surface area contributed by atoms with E-state index in [4.69, 9.17) is 0 Å². The Bertz CT molecular complexity index is 870. The molecule has 2 aromatic heterocycles. The van der Waals surface area contributed by atoms with Gasteiger partial charge in [-0.1, -0.05) is 37.3 Å². The Labute approximate surface area is 146 Å². The molecule has 0 saturated heterocycles. The highest BCUT2D eigenvalue weighted by atomic mass is 16.2. The van der Waals surface area contributed by atoms with Crippen LogP contribution in [-0.2, 0) is 13.0 Å². The van der Waals surface area contributed by atoms with E-state index in [1.165, 1.54) is 0 Å². The molecule has 1 amide bonds. The van der Waals surface area contributed by atoms with E-state index in [-0.39, 0.29) is 5.91 Å². The van der Waals surface area contributed by atoms with Gasteiger partial charge < -0.3 is 4.90 Å². The van der Waals surface area contributed by atoms with Gasteiger partial charge in [0.1, 0.15) is 0 Å². The molecule has 4 rings (SSSR count). The SMILES string of the molecule is CC1Cc2[nH]ncc2CN(C(=O)c2ccc(-c3ccccc3)nc2)C1. The smallest absolute Gasteiger partial charge is 0.255 e. The summed E-state index contributed by atoms with van der Waals surface area (Å²) >= 11 is 0. The predicted molar refractivity (Wildman–Crippen MR) is 95.9 cm³/mol. The fourth-order valence-corrected chi connectivity index (χ4v) is 3.35. The fourth-order valence-electron chi connectivity index (χ4n) is 3.35. The van der Waals surface area contributed by atoms with Crippen molar-refractivity contribution in [3.05, 3.63) is 71.7 Å². The summed E-state index contributed by atoms with van der Waals surface area (Å²) in [6.07, 6.45) is 4.42. The monoisotopic (exact) mass is 332 g/mol. The summed E-state index contributed by atoms with van der Waals surface area (Å²) in [6, 6.07) is 13.7. The molecule has 0 aliphatic carbocycles. The van der Waals surface area contributed by atoms with E-state index in [9.17, 15) is 4.79 Å². The van der Waals surface area contributed by atoms with E-state index in [0.717, 1.165) is 35.5 Å². The van der Waals surface area contributed by atoms with Crippen LogP contribution in [0.15, 0.2) is 54.9 Å². The quantitative estimate of drug-likeness (QED) is 0.783. The van der Waals surface area contributed by atoms with Crippen LogP contribution < -0.4 is 0 Å². The van der Waals surface area contributed by atoms with Crippen LogP contribution in [0, 0.1) is 5.92 Å². The highest BCUT2D eigenvalue weighted by Gasteiger charge is 2.25. The van der Waals surface area contributed by atoms with Gasteiger partial charge in [-0.3, -0.25) is 14.9 Å². The maximum atomic E-state index is 12.9. The Morgan fingerprint density at radius 1 is 1.16 bits per heavy atom. The Kier molecular flexibility index (Phi) is 4.06. The van der Waals surface area contributed by atoms with E-state index in [2.05, 4.69) is 22.1 Å². The number of aromatic amines is 1. The van der Waals surface area contributed by atoms with Crippen molar-refractivity contribution in [2.45, 2.75) is 19.9 Å². The average molecular weight is 332 g/mol. The second-order valence-electron chi connectivity index (χ2n) is 6.67.